The van der Waals surface area contributed by atoms with Gasteiger partial charge < -0.3 is 9.47 Å². The summed E-state index contributed by atoms with van der Waals surface area (Å²) in [5.41, 5.74) is 2.23. The molecule has 1 fully saturated rings. The van der Waals surface area contributed by atoms with Crippen LogP contribution in [0.4, 0.5) is 0 Å². The highest BCUT2D eigenvalue weighted by molar-refractivity contribution is 7.86. The summed E-state index contributed by atoms with van der Waals surface area (Å²) in [5, 5.41) is 0. The standard InChI is InChI=1S/C26H28O8S2/c1-18-8-10-23(35(27,28)29)21(12-18)14-26(15-22-13-19(2)9-11-24(22)36(30,31)32)16-33-25(34-17-26)20-6-4-3-5-7-20/h3-13,25H,14-17H2,1-2H3,(H,27,28,29)(H,30,31,32). The summed E-state index contributed by atoms with van der Waals surface area (Å²) in [7, 11) is -9.02. The molecule has 0 radical (unpaired) electrons. The summed E-state index contributed by atoms with van der Waals surface area (Å²) in [6.07, 6.45) is -0.412. The van der Waals surface area contributed by atoms with E-state index in [-0.39, 0.29) is 35.8 Å². The molecule has 0 unspecified atom stereocenters. The number of aryl methyl sites for hydroxylation is 2. The number of benzene rings is 3. The smallest absolute Gasteiger partial charge is 0.294 e. The second-order valence-electron chi connectivity index (χ2n) is 9.39. The number of hydrogen-bond donors (Lipinski definition) is 2. The Morgan fingerprint density at radius 3 is 1.61 bits per heavy atom. The Hall–Kier alpha value is -2.60. The molecule has 0 amide bonds. The molecule has 3 aromatic carbocycles. The van der Waals surface area contributed by atoms with Gasteiger partial charge in [0.2, 0.25) is 0 Å². The van der Waals surface area contributed by atoms with Gasteiger partial charge in [-0.1, -0.05) is 65.7 Å². The van der Waals surface area contributed by atoms with E-state index in [0.717, 1.165) is 16.7 Å². The Morgan fingerprint density at radius 1 is 0.750 bits per heavy atom. The maximum atomic E-state index is 12.1. The number of hydrogen-bond acceptors (Lipinski definition) is 6. The molecular weight excluding hydrogens is 504 g/mol. The predicted molar refractivity (Wildman–Crippen MR) is 133 cm³/mol. The minimum Gasteiger partial charge on any atom is -0.348 e. The van der Waals surface area contributed by atoms with Crippen LogP contribution in [0.5, 0.6) is 0 Å². The monoisotopic (exact) mass is 532 g/mol. The molecular formula is C26H28O8S2. The molecule has 4 rings (SSSR count). The number of ether oxygens (including phenoxy) is 2. The van der Waals surface area contributed by atoms with Gasteiger partial charge in [0, 0.05) is 11.0 Å². The van der Waals surface area contributed by atoms with Crippen molar-refractivity contribution in [1.82, 2.24) is 0 Å². The van der Waals surface area contributed by atoms with Gasteiger partial charge in [-0.25, -0.2) is 0 Å². The van der Waals surface area contributed by atoms with Gasteiger partial charge in [0.15, 0.2) is 6.29 Å². The lowest BCUT2D eigenvalue weighted by Crippen LogP contribution is -2.43. The lowest BCUT2D eigenvalue weighted by Gasteiger charge is -2.41. The van der Waals surface area contributed by atoms with Gasteiger partial charge in [-0.3, -0.25) is 9.11 Å². The molecule has 2 N–H and O–H groups in total. The Labute approximate surface area is 211 Å². The maximum absolute atomic E-state index is 12.1. The van der Waals surface area contributed by atoms with Gasteiger partial charge in [0.05, 0.1) is 23.0 Å². The first-order valence-corrected chi connectivity index (χ1v) is 14.2. The molecule has 0 saturated carbocycles. The van der Waals surface area contributed by atoms with Crippen molar-refractivity contribution in [2.24, 2.45) is 5.41 Å². The Balaban J connectivity index is 1.77. The third-order valence-corrected chi connectivity index (χ3v) is 8.18. The van der Waals surface area contributed by atoms with Crippen LogP contribution in [0.2, 0.25) is 0 Å². The van der Waals surface area contributed by atoms with E-state index in [1.165, 1.54) is 12.1 Å². The van der Waals surface area contributed by atoms with Gasteiger partial charge in [-0.2, -0.15) is 16.8 Å². The van der Waals surface area contributed by atoms with Gasteiger partial charge in [0.1, 0.15) is 0 Å². The third-order valence-electron chi connectivity index (χ3n) is 6.27. The quantitative estimate of drug-likeness (QED) is 0.431. The van der Waals surface area contributed by atoms with Crippen LogP contribution in [0.25, 0.3) is 0 Å². The van der Waals surface area contributed by atoms with Crippen LogP contribution in [0, 0.1) is 19.3 Å². The lowest BCUT2D eigenvalue weighted by atomic mass is 9.77. The van der Waals surface area contributed by atoms with E-state index in [1.54, 1.807) is 38.1 Å². The summed E-state index contributed by atoms with van der Waals surface area (Å²) < 4.78 is 80.3. The van der Waals surface area contributed by atoms with Crippen molar-refractivity contribution in [3.05, 3.63) is 94.5 Å². The summed E-state index contributed by atoms with van der Waals surface area (Å²) in [6, 6.07) is 18.6. The fourth-order valence-electron chi connectivity index (χ4n) is 4.67. The topological polar surface area (TPSA) is 127 Å². The fraction of sp³-hybridized carbons (Fsp3) is 0.308. The molecule has 0 aromatic heterocycles. The van der Waals surface area contributed by atoms with Crippen LogP contribution in [0.3, 0.4) is 0 Å². The Bertz CT molecular complexity index is 1370. The highest BCUT2D eigenvalue weighted by Gasteiger charge is 2.40. The molecule has 0 spiro atoms. The number of rotatable bonds is 7. The minimum absolute atomic E-state index is 0.115. The summed E-state index contributed by atoms with van der Waals surface area (Å²) in [4.78, 5) is -0.450. The second kappa shape index (κ2) is 10.0. The molecule has 3 aromatic rings. The highest BCUT2D eigenvalue weighted by Crippen LogP contribution is 2.39. The molecule has 192 valence electrons. The Kier molecular flexibility index (Phi) is 7.38. The second-order valence-corrected chi connectivity index (χ2v) is 12.2. The van der Waals surface area contributed by atoms with E-state index in [1.807, 2.05) is 30.3 Å². The van der Waals surface area contributed by atoms with Crippen LogP contribution >= 0.6 is 0 Å². The van der Waals surface area contributed by atoms with Gasteiger partial charge in [0.25, 0.3) is 20.2 Å². The van der Waals surface area contributed by atoms with Gasteiger partial charge in [-0.15, -0.1) is 0 Å². The molecule has 1 aliphatic heterocycles. The summed E-state index contributed by atoms with van der Waals surface area (Å²) >= 11 is 0. The van der Waals surface area contributed by atoms with Gasteiger partial charge in [-0.05, 0) is 49.9 Å². The van der Waals surface area contributed by atoms with Crippen molar-refractivity contribution >= 4 is 20.2 Å². The SMILES string of the molecule is Cc1ccc(S(=O)(=O)O)c(CC2(Cc3cc(C)ccc3S(=O)(=O)O)COC(c3ccccc3)OC2)c1. The summed E-state index contributed by atoms with van der Waals surface area (Å²) in [6.45, 7) is 3.84. The van der Waals surface area contributed by atoms with Crippen molar-refractivity contribution in [1.29, 1.82) is 0 Å². The highest BCUT2D eigenvalue weighted by atomic mass is 32.2. The van der Waals surface area contributed by atoms with Crippen molar-refractivity contribution in [3.8, 4) is 0 Å². The van der Waals surface area contributed by atoms with E-state index in [0.29, 0.717) is 11.1 Å². The molecule has 0 aliphatic carbocycles. The zero-order chi connectivity index (χ0) is 26.1. The van der Waals surface area contributed by atoms with Crippen LogP contribution in [-0.4, -0.2) is 39.2 Å². The van der Waals surface area contributed by atoms with Gasteiger partial charge >= 0.3 is 0 Å². The van der Waals surface area contributed by atoms with E-state index in [4.69, 9.17) is 9.47 Å². The first kappa shape index (κ1) is 26.5. The van der Waals surface area contributed by atoms with Crippen LogP contribution in [0.1, 0.15) is 34.1 Å². The first-order valence-electron chi connectivity index (χ1n) is 11.3. The normalized spacial score (nSPS) is 16.7. The molecule has 1 heterocycles. The lowest BCUT2D eigenvalue weighted by molar-refractivity contribution is -0.234. The molecule has 10 heteroatoms. The zero-order valence-corrected chi connectivity index (χ0v) is 21.6. The van der Waals surface area contributed by atoms with Crippen molar-refractivity contribution in [3.63, 3.8) is 0 Å². The molecule has 0 bridgehead atoms. The fourth-order valence-corrected chi connectivity index (χ4v) is 6.07. The van der Waals surface area contributed by atoms with Crippen molar-refractivity contribution in [2.75, 3.05) is 13.2 Å². The minimum atomic E-state index is -4.51. The average molecular weight is 533 g/mol. The molecule has 1 saturated heterocycles. The molecule has 8 nitrogen and oxygen atoms in total. The van der Waals surface area contributed by atoms with E-state index in [2.05, 4.69) is 0 Å². The third kappa shape index (κ3) is 6.03. The first-order chi connectivity index (χ1) is 16.9. The van der Waals surface area contributed by atoms with Crippen LogP contribution < -0.4 is 0 Å². The van der Waals surface area contributed by atoms with E-state index < -0.39 is 31.9 Å². The predicted octanol–water partition coefficient (Wildman–Crippen LogP) is 4.31. The van der Waals surface area contributed by atoms with Crippen LogP contribution in [-0.2, 0) is 42.6 Å². The Morgan fingerprint density at radius 2 is 1.19 bits per heavy atom. The molecule has 0 atom stereocenters. The summed E-state index contributed by atoms with van der Waals surface area (Å²) in [5.74, 6) is 0. The molecule has 36 heavy (non-hydrogen) atoms. The maximum Gasteiger partial charge on any atom is 0.294 e. The largest absolute Gasteiger partial charge is 0.348 e. The van der Waals surface area contributed by atoms with Crippen molar-refractivity contribution < 1.29 is 35.4 Å². The average Bonchev–Trinajstić information content (AvgIpc) is 2.78. The van der Waals surface area contributed by atoms with Crippen LogP contribution in [0.15, 0.2) is 76.5 Å². The molecule has 1 aliphatic rings. The van der Waals surface area contributed by atoms with E-state index in [9.17, 15) is 25.9 Å². The van der Waals surface area contributed by atoms with E-state index >= 15 is 0 Å². The van der Waals surface area contributed by atoms with Crippen molar-refractivity contribution in [2.45, 2.75) is 42.8 Å². The zero-order valence-electron chi connectivity index (χ0n) is 19.9.